The highest BCUT2D eigenvalue weighted by Gasteiger charge is 2.50. The second kappa shape index (κ2) is 8.49. The Morgan fingerprint density at radius 3 is 1.67 bits per heavy atom. The van der Waals surface area contributed by atoms with Crippen molar-refractivity contribution >= 4 is 30.3 Å². The Hall–Kier alpha value is -0.135. The SMILES string of the molecule is CC(C)C#CB1OC(C)(C)C(C)(C)O1.CC(C)C=C(Cl)Cl. The molecule has 1 aliphatic heterocycles. The molecule has 1 fully saturated rings. The lowest BCUT2D eigenvalue weighted by molar-refractivity contribution is 0.00578. The molecular weight excluding hydrogens is 306 g/mol. The number of allylic oxidation sites excluding steroid dienone is 1. The molecule has 0 amide bonds. The van der Waals surface area contributed by atoms with Crippen LogP contribution in [-0.2, 0) is 9.31 Å². The molecule has 5 heteroatoms. The minimum absolute atomic E-state index is 0.274. The highest BCUT2D eigenvalue weighted by molar-refractivity contribution is 6.56. The first-order valence-electron chi connectivity index (χ1n) is 7.27. The number of hydrogen-bond acceptors (Lipinski definition) is 2. The van der Waals surface area contributed by atoms with Crippen LogP contribution in [0.4, 0.5) is 0 Å². The smallest absolute Gasteiger partial charge is 0.392 e. The molecule has 2 nitrogen and oxygen atoms in total. The van der Waals surface area contributed by atoms with E-state index in [2.05, 4.69) is 25.6 Å². The third kappa shape index (κ3) is 8.17. The molecule has 0 N–H and O–H groups in total. The predicted octanol–water partition coefficient (Wildman–Crippen LogP) is 5.24. The second-order valence-corrected chi connectivity index (χ2v) is 7.74. The second-order valence-electron chi connectivity index (χ2n) is 6.73. The van der Waals surface area contributed by atoms with Crippen molar-refractivity contribution in [3.8, 4) is 11.7 Å². The molecule has 0 aromatic carbocycles. The predicted molar refractivity (Wildman–Crippen MR) is 93.3 cm³/mol. The van der Waals surface area contributed by atoms with Gasteiger partial charge in [0.15, 0.2) is 0 Å². The lowest BCUT2D eigenvalue weighted by Crippen LogP contribution is -2.41. The summed E-state index contributed by atoms with van der Waals surface area (Å²) in [6, 6.07) is 0. The van der Waals surface area contributed by atoms with Crippen LogP contribution in [-0.4, -0.2) is 18.3 Å². The lowest BCUT2D eigenvalue weighted by Gasteiger charge is -2.32. The zero-order valence-corrected chi connectivity index (χ0v) is 15.9. The molecule has 0 aliphatic carbocycles. The van der Waals surface area contributed by atoms with E-state index in [1.165, 1.54) is 0 Å². The molecule has 1 heterocycles. The number of hydrogen-bond donors (Lipinski definition) is 0. The van der Waals surface area contributed by atoms with Crippen molar-refractivity contribution in [3.63, 3.8) is 0 Å². The maximum absolute atomic E-state index is 5.72. The molecule has 0 radical (unpaired) electrons. The van der Waals surface area contributed by atoms with Gasteiger partial charge in [-0.2, -0.15) is 0 Å². The molecule has 0 aromatic rings. The first kappa shape index (κ1) is 20.9. The summed E-state index contributed by atoms with van der Waals surface area (Å²) in [5.41, 5.74) is -0.549. The van der Waals surface area contributed by atoms with Crippen LogP contribution in [0.15, 0.2) is 10.6 Å². The third-order valence-electron chi connectivity index (χ3n) is 3.20. The molecule has 1 saturated heterocycles. The molecule has 1 aliphatic rings. The molecule has 1 rings (SSSR count). The van der Waals surface area contributed by atoms with Gasteiger partial charge in [0.25, 0.3) is 0 Å². The van der Waals surface area contributed by atoms with Gasteiger partial charge in [0.2, 0.25) is 0 Å². The Bertz CT molecular complexity index is 398. The standard InChI is InChI=1S/C11H19BO2.C5H8Cl2/c1-9(2)7-8-12-13-10(3,4)11(5,6)14-12;1-4(2)3-5(6)7/h9H,1-6H3;3-4H,1-2H3. The van der Waals surface area contributed by atoms with E-state index in [0.717, 1.165) is 0 Å². The Kier molecular flexibility index (Phi) is 8.43. The fourth-order valence-electron chi connectivity index (χ4n) is 1.39. The monoisotopic (exact) mass is 332 g/mol. The van der Waals surface area contributed by atoms with Crippen molar-refractivity contribution < 1.29 is 9.31 Å². The minimum atomic E-state index is -0.373. The van der Waals surface area contributed by atoms with Crippen molar-refractivity contribution in [1.29, 1.82) is 0 Å². The normalized spacial score (nSPS) is 18.8. The zero-order chi connectivity index (χ0) is 16.8. The molecule has 120 valence electrons. The van der Waals surface area contributed by atoms with Crippen molar-refractivity contribution in [2.45, 2.75) is 66.6 Å². The van der Waals surface area contributed by atoms with Gasteiger partial charge in [0.05, 0.1) is 11.2 Å². The summed E-state index contributed by atoms with van der Waals surface area (Å²) in [5.74, 6) is 6.87. The summed E-state index contributed by atoms with van der Waals surface area (Å²) < 4.78 is 11.8. The van der Waals surface area contributed by atoms with Gasteiger partial charge in [-0.1, -0.05) is 62.8 Å². The maximum Gasteiger partial charge on any atom is 0.551 e. The molecule has 21 heavy (non-hydrogen) atoms. The van der Waals surface area contributed by atoms with Crippen molar-refractivity contribution in [1.82, 2.24) is 0 Å². The zero-order valence-electron chi connectivity index (χ0n) is 14.4. The van der Waals surface area contributed by atoms with Gasteiger partial charge in [-0.25, -0.2) is 0 Å². The van der Waals surface area contributed by atoms with Crippen LogP contribution in [0.25, 0.3) is 0 Å². The van der Waals surface area contributed by atoms with Crippen LogP contribution in [0.5, 0.6) is 0 Å². The summed E-state index contributed by atoms with van der Waals surface area (Å²) in [7, 11) is -0.373. The molecule has 0 spiro atoms. The van der Waals surface area contributed by atoms with Gasteiger partial charge in [-0.3, -0.25) is 0 Å². The van der Waals surface area contributed by atoms with Gasteiger partial charge in [0, 0.05) is 5.92 Å². The highest BCUT2D eigenvalue weighted by Crippen LogP contribution is 2.36. The summed E-state index contributed by atoms with van der Waals surface area (Å²) in [6.45, 7) is 16.3. The first-order valence-corrected chi connectivity index (χ1v) is 8.02. The summed E-state index contributed by atoms with van der Waals surface area (Å²) >= 11 is 10.6. The van der Waals surface area contributed by atoms with E-state index in [0.29, 0.717) is 16.3 Å². The van der Waals surface area contributed by atoms with Crippen LogP contribution in [0.2, 0.25) is 0 Å². The molecule has 0 atom stereocenters. The van der Waals surface area contributed by atoms with Crippen LogP contribution in [0, 0.1) is 23.6 Å². The molecule has 0 saturated carbocycles. The molecule has 0 unspecified atom stereocenters. The minimum Gasteiger partial charge on any atom is -0.392 e. The summed E-state index contributed by atoms with van der Waals surface area (Å²) in [5, 5.41) is 0. The van der Waals surface area contributed by atoms with E-state index in [1.54, 1.807) is 6.08 Å². The quantitative estimate of drug-likeness (QED) is 0.483. The van der Waals surface area contributed by atoms with E-state index >= 15 is 0 Å². The molecule has 0 bridgehead atoms. The summed E-state index contributed by atoms with van der Waals surface area (Å²) in [4.78, 5) is 0. The summed E-state index contributed by atoms with van der Waals surface area (Å²) in [6.07, 6.45) is 1.78. The Morgan fingerprint density at radius 2 is 1.43 bits per heavy atom. The fourth-order valence-corrected chi connectivity index (χ4v) is 1.89. The average Bonchev–Trinajstić information content (AvgIpc) is 2.43. The Balaban J connectivity index is 0.000000486. The van der Waals surface area contributed by atoms with E-state index in [4.69, 9.17) is 32.5 Å². The van der Waals surface area contributed by atoms with Crippen molar-refractivity contribution in [3.05, 3.63) is 10.6 Å². The van der Waals surface area contributed by atoms with Crippen LogP contribution >= 0.6 is 23.2 Å². The Labute approximate surface area is 140 Å². The maximum atomic E-state index is 5.72. The van der Waals surface area contributed by atoms with Crippen LogP contribution < -0.4 is 0 Å². The fraction of sp³-hybridized carbons (Fsp3) is 0.750. The van der Waals surface area contributed by atoms with E-state index in [9.17, 15) is 0 Å². The molecular formula is C16H27BCl2O2. The van der Waals surface area contributed by atoms with E-state index < -0.39 is 0 Å². The van der Waals surface area contributed by atoms with Crippen molar-refractivity contribution in [2.24, 2.45) is 11.8 Å². The topological polar surface area (TPSA) is 18.5 Å². The van der Waals surface area contributed by atoms with Crippen LogP contribution in [0.3, 0.4) is 0 Å². The largest absolute Gasteiger partial charge is 0.551 e. The first-order chi connectivity index (χ1) is 9.37. The lowest BCUT2D eigenvalue weighted by atomic mass is 9.90. The molecule has 0 aromatic heterocycles. The highest BCUT2D eigenvalue weighted by atomic mass is 35.5. The Morgan fingerprint density at radius 1 is 1.00 bits per heavy atom. The van der Waals surface area contributed by atoms with E-state index in [-0.39, 0.29) is 18.3 Å². The van der Waals surface area contributed by atoms with Gasteiger partial charge < -0.3 is 9.31 Å². The number of rotatable bonds is 1. The third-order valence-corrected chi connectivity index (χ3v) is 3.45. The van der Waals surface area contributed by atoms with Crippen LogP contribution in [0.1, 0.15) is 55.4 Å². The van der Waals surface area contributed by atoms with Gasteiger partial charge in [0.1, 0.15) is 4.49 Å². The van der Waals surface area contributed by atoms with Gasteiger partial charge >= 0.3 is 7.12 Å². The van der Waals surface area contributed by atoms with Gasteiger partial charge in [-0.05, 0) is 33.6 Å². The average molecular weight is 333 g/mol. The van der Waals surface area contributed by atoms with E-state index in [1.807, 2.05) is 41.5 Å². The number of halogens is 2. The van der Waals surface area contributed by atoms with Crippen molar-refractivity contribution in [2.75, 3.05) is 0 Å². The van der Waals surface area contributed by atoms with Gasteiger partial charge in [-0.15, -0.1) is 5.92 Å².